The second-order valence-electron chi connectivity index (χ2n) is 5.54. The van der Waals surface area contributed by atoms with E-state index in [0.717, 1.165) is 11.1 Å². The molecule has 1 heterocycles. The molecule has 0 bridgehead atoms. The minimum absolute atomic E-state index is 0.0788. The van der Waals surface area contributed by atoms with E-state index in [9.17, 15) is 4.79 Å². The van der Waals surface area contributed by atoms with E-state index in [1.807, 2.05) is 36.4 Å². The van der Waals surface area contributed by atoms with Crippen molar-refractivity contribution in [1.82, 2.24) is 4.90 Å². The lowest BCUT2D eigenvalue weighted by molar-refractivity contribution is -0.125. The number of rotatable bonds is 4. The predicted molar refractivity (Wildman–Crippen MR) is 94.4 cm³/mol. The molecule has 0 spiro atoms. The minimum Gasteiger partial charge on any atom is -0.486 e. The Morgan fingerprint density at radius 3 is 2.75 bits per heavy atom. The summed E-state index contributed by atoms with van der Waals surface area (Å²) in [7, 11) is 1.77. The van der Waals surface area contributed by atoms with Crippen LogP contribution in [0, 0.1) is 0 Å². The van der Waals surface area contributed by atoms with Crippen LogP contribution in [0.25, 0.3) is 6.08 Å². The molecule has 5 heteroatoms. The highest BCUT2D eigenvalue weighted by Gasteiger charge is 2.16. The smallest absolute Gasteiger partial charge is 0.246 e. The number of ether oxygens (including phenoxy) is 2. The number of halogens is 1. The van der Waals surface area contributed by atoms with E-state index in [0.29, 0.717) is 36.3 Å². The Labute approximate surface area is 146 Å². The molecule has 1 amide bonds. The molecule has 0 N–H and O–H groups in total. The fraction of sp³-hybridized carbons (Fsp3) is 0.211. The Bertz CT molecular complexity index is 759. The van der Waals surface area contributed by atoms with Gasteiger partial charge in [0.15, 0.2) is 11.5 Å². The topological polar surface area (TPSA) is 38.8 Å². The largest absolute Gasteiger partial charge is 0.486 e. The van der Waals surface area contributed by atoms with Crippen LogP contribution in [-0.4, -0.2) is 31.1 Å². The van der Waals surface area contributed by atoms with Gasteiger partial charge in [-0.15, -0.1) is 0 Å². The van der Waals surface area contributed by atoms with Crippen LogP contribution in [0.5, 0.6) is 11.5 Å². The van der Waals surface area contributed by atoms with Crippen molar-refractivity contribution in [2.45, 2.75) is 6.54 Å². The molecule has 0 aliphatic carbocycles. The summed E-state index contributed by atoms with van der Waals surface area (Å²) in [5.41, 5.74) is 1.88. The lowest BCUT2D eigenvalue weighted by atomic mass is 10.1. The standard InChI is InChI=1S/C19H18ClNO3/c1-21(13-14-5-3-2-4-6-14)18(22)8-7-15-11-16(20)19-17(12-15)23-9-10-24-19/h2-8,11-12H,9-10,13H2,1H3/b8-7+. The number of carbonyl (C=O) groups excluding carboxylic acids is 1. The molecule has 0 saturated heterocycles. The van der Waals surface area contributed by atoms with E-state index < -0.39 is 0 Å². The van der Waals surface area contributed by atoms with Gasteiger partial charge in [-0.3, -0.25) is 4.79 Å². The first-order chi connectivity index (χ1) is 11.6. The maximum Gasteiger partial charge on any atom is 0.246 e. The van der Waals surface area contributed by atoms with Crippen LogP contribution in [0.2, 0.25) is 5.02 Å². The van der Waals surface area contributed by atoms with Gasteiger partial charge in [0.25, 0.3) is 0 Å². The highest BCUT2D eigenvalue weighted by atomic mass is 35.5. The molecule has 1 aliphatic rings. The molecule has 24 heavy (non-hydrogen) atoms. The van der Waals surface area contributed by atoms with Gasteiger partial charge in [-0.2, -0.15) is 0 Å². The molecule has 2 aromatic carbocycles. The summed E-state index contributed by atoms with van der Waals surface area (Å²) < 4.78 is 11.0. The van der Waals surface area contributed by atoms with Crippen LogP contribution in [0.1, 0.15) is 11.1 Å². The Morgan fingerprint density at radius 2 is 1.96 bits per heavy atom. The molecular formula is C19H18ClNO3. The minimum atomic E-state index is -0.0788. The number of hydrogen-bond donors (Lipinski definition) is 0. The molecule has 0 fully saturated rings. The third-order valence-corrected chi connectivity index (χ3v) is 3.96. The number of likely N-dealkylation sites (N-methyl/N-ethyl adjacent to an activating group) is 1. The molecular weight excluding hydrogens is 326 g/mol. The summed E-state index contributed by atoms with van der Waals surface area (Å²) in [6.45, 7) is 1.55. The van der Waals surface area contributed by atoms with E-state index in [2.05, 4.69) is 0 Å². The number of fused-ring (bicyclic) bond motifs is 1. The van der Waals surface area contributed by atoms with E-state index >= 15 is 0 Å². The van der Waals surface area contributed by atoms with Crippen molar-refractivity contribution in [1.29, 1.82) is 0 Å². The number of hydrogen-bond acceptors (Lipinski definition) is 3. The molecule has 4 nitrogen and oxygen atoms in total. The van der Waals surface area contributed by atoms with Crippen LogP contribution < -0.4 is 9.47 Å². The van der Waals surface area contributed by atoms with E-state index in [1.54, 1.807) is 24.1 Å². The Morgan fingerprint density at radius 1 is 1.21 bits per heavy atom. The van der Waals surface area contributed by atoms with Gasteiger partial charge in [-0.05, 0) is 29.3 Å². The van der Waals surface area contributed by atoms with E-state index in [1.165, 1.54) is 6.08 Å². The van der Waals surface area contributed by atoms with Gasteiger partial charge in [-0.25, -0.2) is 0 Å². The first-order valence-corrected chi connectivity index (χ1v) is 8.07. The normalized spacial score (nSPS) is 13.1. The van der Waals surface area contributed by atoms with E-state index in [4.69, 9.17) is 21.1 Å². The molecule has 0 atom stereocenters. The van der Waals surface area contributed by atoms with Crippen LogP contribution in [0.4, 0.5) is 0 Å². The first-order valence-electron chi connectivity index (χ1n) is 7.70. The van der Waals surface area contributed by atoms with Gasteiger partial charge in [-0.1, -0.05) is 41.9 Å². The lowest BCUT2D eigenvalue weighted by Crippen LogP contribution is -2.24. The number of carbonyl (C=O) groups is 1. The van der Waals surface area contributed by atoms with Crippen LogP contribution in [-0.2, 0) is 11.3 Å². The Balaban J connectivity index is 1.69. The van der Waals surface area contributed by atoms with Crippen molar-refractivity contribution in [3.8, 4) is 11.5 Å². The highest BCUT2D eigenvalue weighted by Crippen LogP contribution is 2.38. The molecule has 2 aromatic rings. The van der Waals surface area contributed by atoms with Crippen LogP contribution in [0.3, 0.4) is 0 Å². The van der Waals surface area contributed by atoms with Crippen molar-refractivity contribution in [2.75, 3.05) is 20.3 Å². The van der Waals surface area contributed by atoms with Crippen LogP contribution in [0.15, 0.2) is 48.5 Å². The Hall–Kier alpha value is -2.46. The van der Waals surface area contributed by atoms with Gasteiger partial charge in [0.2, 0.25) is 5.91 Å². The van der Waals surface area contributed by atoms with Gasteiger partial charge >= 0.3 is 0 Å². The van der Waals surface area contributed by atoms with Crippen molar-refractivity contribution < 1.29 is 14.3 Å². The third-order valence-electron chi connectivity index (χ3n) is 3.68. The number of nitrogens with zero attached hydrogens (tertiary/aromatic N) is 1. The van der Waals surface area contributed by atoms with Crippen molar-refractivity contribution in [3.05, 3.63) is 64.7 Å². The summed E-state index contributed by atoms with van der Waals surface area (Å²) in [4.78, 5) is 13.9. The fourth-order valence-corrected chi connectivity index (χ4v) is 2.73. The van der Waals surface area contributed by atoms with Gasteiger partial charge in [0.1, 0.15) is 13.2 Å². The molecule has 0 unspecified atom stereocenters. The molecule has 0 aromatic heterocycles. The summed E-state index contributed by atoms with van der Waals surface area (Å²) in [5.74, 6) is 1.09. The molecule has 0 saturated carbocycles. The monoisotopic (exact) mass is 343 g/mol. The van der Waals surface area contributed by atoms with Gasteiger partial charge in [0, 0.05) is 19.7 Å². The van der Waals surface area contributed by atoms with Crippen molar-refractivity contribution in [3.63, 3.8) is 0 Å². The second kappa shape index (κ2) is 7.41. The van der Waals surface area contributed by atoms with Crippen molar-refractivity contribution in [2.24, 2.45) is 0 Å². The SMILES string of the molecule is CN(Cc1ccccc1)C(=O)/C=C/c1cc(Cl)c2c(c1)OCCO2. The van der Waals surface area contributed by atoms with Crippen LogP contribution >= 0.6 is 11.6 Å². The summed E-state index contributed by atoms with van der Waals surface area (Å²) >= 11 is 6.20. The zero-order valence-electron chi connectivity index (χ0n) is 13.4. The molecule has 3 rings (SSSR count). The van der Waals surface area contributed by atoms with Gasteiger partial charge < -0.3 is 14.4 Å². The second-order valence-corrected chi connectivity index (χ2v) is 5.95. The maximum absolute atomic E-state index is 12.2. The maximum atomic E-state index is 12.2. The summed E-state index contributed by atoms with van der Waals surface area (Å²) in [6.07, 6.45) is 3.26. The van der Waals surface area contributed by atoms with E-state index in [-0.39, 0.29) is 5.91 Å². The average Bonchev–Trinajstić information content (AvgIpc) is 2.60. The Kier molecular flexibility index (Phi) is 5.06. The predicted octanol–water partition coefficient (Wildman–Crippen LogP) is 3.78. The average molecular weight is 344 g/mol. The molecule has 124 valence electrons. The first kappa shape index (κ1) is 16.4. The molecule has 0 radical (unpaired) electrons. The highest BCUT2D eigenvalue weighted by molar-refractivity contribution is 6.32. The molecule has 1 aliphatic heterocycles. The zero-order valence-corrected chi connectivity index (χ0v) is 14.1. The number of benzene rings is 2. The lowest BCUT2D eigenvalue weighted by Gasteiger charge is -2.19. The summed E-state index contributed by atoms with van der Waals surface area (Å²) in [5, 5.41) is 0.483. The number of amides is 1. The quantitative estimate of drug-likeness (QED) is 0.793. The van der Waals surface area contributed by atoms with Crippen molar-refractivity contribution >= 4 is 23.6 Å². The third kappa shape index (κ3) is 3.89. The zero-order chi connectivity index (χ0) is 16.9. The van der Waals surface area contributed by atoms with Gasteiger partial charge in [0.05, 0.1) is 5.02 Å². The fourth-order valence-electron chi connectivity index (χ4n) is 2.46. The summed E-state index contributed by atoms with van der Waals surface area (Å²) in [6, 6.07) is 13.4.